The standard InChI is InChI=1S/C8H4N2O3S3/c11-7-5(16-8(14)9-7)1-4-2-6(10(12)13)15-3-4/h1-3H,(H,9,11,14). The topological polar surface area (TPSA) is 72.2 Å². The molecule has 5 nitrogen and oxygen atoms in total. The molecule has 1 aromatic heterocycles. The third-order valence-corrected chi connectivity index (χ3v) is 3.79. The molecule has 1 fully saturated rings. The molecule has 0 saturated carbocycles. The van der Waals surface area contributed by atoms with E-state index >= 15 is 0 Å². The number of hydrogen-bond donors (Lipinski definition) is 1. The molecule has 1 aromatic rings. The molecule has 1 amide bonds. The first kappa shape index (κ1) is 11.2. The van der Waals surface area contributed by atoms with Gasteiger partial charge in [0.05, 0.1) is 9.83 Å². The molecular formula is C8H4N2O3S3. The van der Waals surface area contributed by atoms with Crippen molar-refractivity contribution in [3.63, 3.8) is 0 Å². The van der Waals surface area contributed by atoms with Crippen LogP contribution in [0.25, 0.3) is 6.08 Å². The van der Waals surface area contributed by atoms with Crippen molar-refractivity contribution >= 4 is 56.6 Å². The second kappa shape index (κ2) is 4.32. The molecule has 0 aromatic carbocycles. The van der Waals surface area contributed by atoms with Crippen LogP contribution in [0.1, 0.15) is 5.56 Å². The van der Waals surface area contributed by atoms with Crippen LogP contribution in [-0.4, -0.2) is 15.2 Å². The van der Waals surface area contributed by atoms with Crippen LogP contribution in [0.4, 0.5) is 5.00 Å². The zero-order valence-electron chi connectivity index (χ0n) is 7.63. The Morgan fingerprint density at radius 3 is 2.81 bits per heavy atom. The summed E-state index contributed by atoms with van der Waals surface area (Å²) < 4.78 is 0.404. The average Bonchev–Trinajstić information content (AvgIpc) is 2.75. The van der Waals surface area contributed by atoms with Crippen molar-refractivity contribution in [2.75, 3.05) is 0 Å². The van der Waals surface area contributed by atoms with E-state index in [-0.39, 0.29) is 10.9 Å². The van der Waals surface area contributed by atoms with Crippen molar-refractivity contribution < 1.29 is 9.72 Å². The summed E-state index contributed by atoms with van der Waals surface area (Å²) in [4.78, 5) is 21.8. The monoisotopic (exact) mass is 272 g/mol. The van der Waals surface area contributed by atoms with Gasteiger partial charge in [-0.15, -0.1) is 0 Å². The van der Waals surface area contributed by atoms with Gasteiger partial charge in [0, 0.05) is 11.4 Å². The lowest BCUT2D eigenvalue weighted by Gasteiger charge is -1.88. The van der Waals surface area contributed by atoms with Gasteiger partial charge in [-0.25, -0.2) is 0 Å². The first-order valence-electron chi connectivity index (χ1n) is 4.04. The lowest BCUT2D eigenvalue weighted by Crippen LogP contribution is -2.17. The third-order valence-electron chi connectivity index (χ3n) is 1.73. The van der Waals surface area contributed by atoms with E-state index in [0.717, 1.165) is 23.1 Å². The van der Waals surface area contributed by atoms with E-state index in [1.165, 1.54) is 6.07 Å². The molecule has 0 bridgehead atoms. The fraction of sp³-hybridized carbons (Fsp3) is 0. The van der Waals surface area contributed by atoms with Gasteiger partial charge in [0.25, 0.3) is 5.91 Å². The smallest absolute Gasteiger partial charge is 0.307 e. The van der Waals surface area contributed by atoms with Crippen LogP contribution >= 0.6 is 35.3 Å². The second-order valence-electron chi connectivity index (χ2n) is 2.83. The fourth-order valence-corrected chi connectivity index (χ4v) is 2.81. The molecule has 16 heavy (non-hydrogen) atoms. The highest BCUT2D eigenvalue weighted by molar-refractivity contribution is 8.26. The van der Waals surface area contributed by atoms with E-state index in [2.05, 4.69) is 5.32 Å². The van der Waals surface area contributed by atoms with Crippen LogP contribution in [0.5, 0.6) is 0 Å². The van der Waals surface area contributed by atoms with Gasteiger partial charge in [-0.05, 0) is 11.6 Å². The van der Waals surface area contributed by atoms with E-state index in [9.17, 15) is 14.9 Å². The van der Waals surface area contributed by atoms with Crippen molar-refractivity contribution in [1.82, 2.24) is 5.32 Å². The van der Waals surface area contributed by atoms with Crippen LogP contribution in [-0.2, 0) is 4.79 Å². The minimum atomic E-state index is -0.459. The van der Waals surface area contributed by atoms with E-state index in [1.54, 1.807) is 11.5 Å². The molecule has 0 radical (unpaired) electrons. The molecule has 8 heteroatoms. The number of carbonyl (C=O) groups is 1. The summed E-state index contributed by atoms with van der Waals surface area (Å²) in [5.74, 6) is -0.260. The number of thiocarbonyl (C=S) groups is 1. The predicted molar refractivity (Wildman–Crippen MR) is 67.3 cm³/mol. The minimum absolute atomic E-state index is 0.0535. The Labute approximate surface area is 104 Å². The Balaban J connectivity index is 2.26. The van der Waals surface area contributed by atoms with Gasteiger partial charge in [0.15, 0.2) is 0 Å². The number of thioether (sulfide) groups is 1. The highest BCUT2D eigenvalue weighted by Crippen LogP contribution is 2.29. The van der Waals surface area contributed by atoms with Gasteiger partial charge >= 0.3 is 5.00 Å². The number of nitro groups is 1. The number of carbonyl (C=O) groups excluding carboxylic acids is 1. The van der Waals surface area contributed by atoms with Crippen LogP contribution in [0, 0.1) is 10.1 Å². The van der Waals surface area contributed by atoms with Crippen molar-refractivity contribution in [1.29, 1.82) is 0 Å². The highest BCUT2D eigenvalue weighted by Gasteiger charge is 2.22. The number of nitrogens with zero attached hydrogens (tertiary/aromatic N) is 1. The normalized spacial score (nSPS) is 17.9. The van der Waals surface area contributed by atoms with Crippen LogP contribution in [0.2, 0.25) is 0 Å². The Kier molecular flexibility index (Phi) is 3.03. The molecule has 0 atom stereocenters. The minimum Gasteiger partial charge on any atom is -0.307 e. The summed E-state index contributed by atoms with van der Waals surface area (Å²) in [6.45, 7) is 0. The van der Waals surface area contributed by atoms with Gasteiger partial charge in [0.2, 0.25) is 0 Å². The van der Waals surface area contributed by atoms with Crippen molar-refractivity contribution in [3.05, 3.63) is 32.0 Å². The molecule has 0 unspecified atom stereocenters. The van der Waals surface area contributed by atoms with Gasteiger partial charge in [-0.3, -0.25) is 14.9 Å². The Morgan fingerprint density at radius 1 is 1.56 bits per heavy atom. The number of nitrogens with one attached hydrogen (secondary N) is 1. The number of thiophene rings is 1. The Morgan fingerprint density at radius 2 is 2.31 bits per heavy atom. The summed E-state index contributed by atoms with van der Waals surface area (Å²) >= 11 is 7.00. The lowest BCUT2D eigenvalue weighted by atomic mass is 10.3. The first-order valence-corrected chi connectivity index (χ1v) is 6.14. The summed E-state index contributed by atoms with van der Waals surface area (Å²) in [7, 11) is 0. The molecule has 82 valence electrons. The second-order valence-corrected chi connectivity index (χ2v) is 5.44. The zero-order valence-corrected chi connectivity index (χ0v) is 10.1. The average molecular weight is 272 g/mol. The van der Waals surface area contributed by atoms with Crippen molar-refractivity contribution in [3.8, 4) is 0 Å². The third kappa shape index (κ3) is 2.29. The maximum absolute atomic E-state index is 11.3. The lowest BCUT2D eigenvalue weighted by molar-refractivity contribution is -0.380. The van der Waals surface area contributed by atoms with E-state index in [4.69, 9.17) is 12.2 Å². The molecular weight excluding hydrogens is 268 g/mol. The van der Waals surface area contributed by atoms with Crippen molar-refractivity contribution in [2.45, 2.75) is 0 Å². The first-order chi connectivity index (χ1) is 7.56. The Hall–Kier alpha value is -1.25. The highest BCUT2D eigenvalue weighted by atomic mass is 32.2. The summed E-state index contributed by atoms with van der Waals surface area (Å²) in [6.07, 6.45) is 1.59. The molecule has 0 aliphatic carbocycles. The maximum atomic E-state index is 11.3. The molecule has 2 heterocycles. The van der Waals surface area contributed by atoms with E-state index < -0.39 is 4.92 Å². The molecule has 1 saturated heterocycles. The summed E-state index contributed by atoms with van der Waals surface area (Å²) in [5, 5.41) is 14.6. The van der Waals surface area contributed by atoms with Gasteiger partial charge in [0.1, 0.15) is 4.32 Å². The number of amides is 1. The van der Waals surface area contributed by atoms with Gasteiger partial charge < -0.3 is 5.32 Å². The fourth-order valence-electron chi connectivity index (χ4n) is 1.08. The van der Waals surface area contributed by atoms with Gasteiger partial charge in [-0.1, -0.05) is 35.3 Å². The SMILES string of the molecule is O=C1NC(=S)SC1=Cc1csc([N+](=O)[O-])c1. The van der Waals surface area contributed by atoms with Crippen LogP contribution < -0.4 is 5.32 Å². The predicted octanol–water partition coefficient (Wildman–Crippen LogP) is 2.15. The maximum Gasteiger partial charge on any atom is 0.324 e. The molecule has 0 spiro atoms. The molecule has 1 N–H and O–H groups in total. The van der Waals surface area contributed by atoms with Gasteiger partial charge in [-0.2, -0.15) is 0 Å². The Bertz CT molecular complexity index is 520. The number of rotatable bonds is 2. The largest absolute Gasteiger partial charge is 0.324 e. The van der Waals surface area contributed by atoms with Crippen LogP contribution in [0.3, 0.4) is 0 Å². The summed E-state index contributed by atoms with van der Waals surface area (Å²) in [6, 6.07) is 1.42. The summed E-state index contributed by atoms with van der Waals surface area (Å²) in [5.41, 5.74) is 0.638. The molecule has 1 aliphatic heterocycles. The van der Waals surface area contributed by atoms with E-state index in [0.29, 0.717) is 14.8 Å². The number of hydrogen-bond acceptors (Lipinski definition) is 6. The van der Waals surface area contributed by atoms with E-state index in [1.807, 2.05) is 0 Å². The molecule has 1 aliphatic rings. The van der Waals surface area contributed by atoms with Crippen molar-refractivity contribution in [2.24, 2.45) is 0 Å². The molecule has 2 rings (SSSR count). The zero-order chi connectivity index (χ0) is 11.7. The quantitative estimate of drug-likeness (QED) is 0.386. The van der Waals surface area contributed by atoms with Crippen LogP contribution in [0.15, 0.2) is 16.4 Å².